The van der Waals surface area contributed by atoms with Crippen molar-refractivity contribution in [3.63, 3.8) is 0 Å². The van der Waals surface area contributed by atoms with Gasteiger partial charge in [-0.3, -0.25) is 9.69 Å². The van der Waals surface area contributed by atoms with Crippen molar-refractivity contribution in [2.75, 3.05) is 13.1 Å². The summed E-state index contributed by atoms with van der Waals surface area (Å²) in [6.07, 6.45) is 4.17. The number of rotatable bonds is 17. The molecular formula is C36H39NO5. The lowest BCUT2D eigenvalue weighted by atomic mass is 10.0. The van der Waals surface area contributed by atoms with Gasteiger partial charge < -0.3 is 14.9 Å². The van der Waals surface area contributed by atoms with E-state index in [-0.39, 0.29) is 18.0 Å². The maximum absolute atomic E-state index is 11.3. The highest BCUT2D eigenvalue weighted by molar-refractivity contribution is 5.87. The van der Waals surface area contributed by atoms with E-state index >= 15 is 0 Å². The van der Waals surface area contributed by atoms with Crippen molar-refractivity contribution in [3.05, 3.63) is 136 Å². The molecule has 0 radical (unpaired) electrons. The minimum absolute atomic E-state index is 0.0150. The van der Waals surface area contributed by atoms with Crippen LogP contribution >= 0.6 is 0 Å². The Labute approximate surface area is 249 Å². The van der Waals surface area contributed by atoms with Crippen LogP contribution in [0.5, 0.6) is 5.75 Å². The number of aromatic carboxylic acids is 1. The fourth-order valence-electron chi connectivity index (χ4n) is 4.85. The number of benzene rings is 4. The highest BCUT2D eigenvalue weighted by atomic mass is 16.5. The van der Waals surface area contributed by atoms with E-state index in [9.17, 15) is 14.7 Å². The van der Waals surface area contributed by atoms with Crippen LogP contribution in [-0.4, -0.2) is 40.1 Å². The van der Waals surface area contributed by atoms with E-state index in [4.69, 9.17) is 11.2 Å². The summed E-state index contributed by atoms with van der Waals surface area (Å²) in [5, 5.41) is 18.3. The van der Waals surface area contributed by atoms with Crippen molar-refractivity contribution in [2.45, 2.75) is 51.7 Å². The Morgan fingerprint density at radius 2 is 1.36 bits per heavy atom. The molecule has 0 atom stereocenters. The van der Waals surface area contributed by atoms with E-state index in [2.05, 4.69) is 59.5 Å². The van der Waals surface area contributed by atoms with Gasteiger partial charge in [0.15, 0.2) is 0 Å². The third-order valence-electron chi connectivity index (χ3n) is 7.26. The Morgan fingerprint density at radius 1 is 0.690 bits per heavy atom. The molecule has 0 bridgehead atoms. The van der Waals surface area contributed by atoms with Crippen LogP contribution in [0.2, 0.25) is 0 Å². The van der Waals surface area contributed by atoms with Crippen LogP contribution in [-0.2, 0) is 37.2 Å². The second kappa shape index (κ2) is 16.1. The molecule has 218 valence electrons. The molecule has 0 saturated heterocycles. The molecule has 6 heteroatoms. The van der Waals surface area contributed by atoms with Gasteiger partial charge in [-0.25, -0.2) is 4.79 Å². The maximum atomic E-state index is 11.3. The molecule has 0 aliphatic heterocycles. The number of unbranched alkanes of at least 4 members (excludes halogenated alkanes) is 1. The molecule has 0 spiro atoms. The van der Waals surface area contributed by atoms with E-state index < -0.39 is 11.9 Å². The number of aliphatic carboxylic acids is 1. The SMILES string of the molecule is [3H]c1cc(CN(CCCCC(=O)O)CCc2ccccc2OCc2ccc(CCc3ccccc3)cc2)ccc1C(=O)O. The molecule has 0 fully saturated rings. The van der Waals surface area contributed by atoms with Crippen LogP contribution in [0, 0.1) is 0 Å². The van der Waals surface area contributed by atoms with Crippen LogP contribution in [0.15, 0.2) is 103 Å². The topological polar surface area (TPSA) is 87.1 Å². The summed E-state index contributed by atoms with van der Waals surface area (Å²) >= 11 is 0. The van der Waals surface area contributed by atoms with Gasteiger partial charge in [0.05, 0.1) is 6.93 Å². The van der Waals surface area contributed by atoms with Gasteiger partial charge in [0.25, 0.3) is 0 Å². The molecule has 4 rings (SSSR count). The first-order valence-electron chi connectivity index (χ1n) is 15.0. The maximum Gasteiger partial charge on any atom is 0.335 e. The van der Waals surface area contributed by atoms with Gasteiger partial charge in [0.2, 0.25) is 0 Å². The van der Waals surface area contributed by atoms with Gasteiger partial charge in [0.1, 0.15) is 12.4 Å². The normalized spacial score (nSPS) is 11.3. The third-order valence-corrected chi connectivity index (χ3v) is 7.26. The number of carbonyl (C=O) groups is 2. The summed E-state index contributed by atoms with van der Waals surface area (Å²) in [5.41, 5.74) is 5.65. The van der Waals surface area contributed by atoms with Crippen molar-refractivity contribution in [1.29, 1.82) is 0 Å². The Kier molecular flexibility index (Phi) is 11.2. The van der Waals surface area contributed by atoms with Crippen molar-refractivity contribution >= 4 is 11.9 Å². The summed E-state index contributed by atoms with van der Waals surface area (Å²) in [7, 11) is 0. The molecular weight excluding hydrogens is 526 g/mol. The summed E-state index contributed by atoms with van der Waals surface area (Å²) in [6.45, 7) is 2.41. The fourth-order valence-corrected chi connectivity index (χ4v) is 4.85. The van der Waals surface area contributed by atoms with Gasteiger partial charge in [-0.05, 0) is 84.6 Å². The minimum atomic E-state index is -1.11. The van der Waals surface area contributed by atoms with Gasteiger partial charge in [0, 0.05) is 19.5 Å². The summed E-state index contributed by atoms with van der Waals surface area (Å²) < 4.78 is 14.3. The summed E-state index contributed by atoms with van der Waals surface area (Å²) in [4.78, 5) is 24.5. The van der Waals surface area contributed by atoms with Crippen LogP contribution in [0.25, 0.3) is 0 Å². The number of carboxylic acid groups (broad SMARTS) is 2. The van der Waals surface area contributed by atoms with E-state index in [0.29, 0.717) is 32.7 Å². The molecule has 0 amide bonds. The Balaban J connectivity index is 1.34. The highest BCUT2D eigenvalue weighted by Crippen LogP contribution is 2.21. The molecule has 0 unspecified atom stereocenters. The monoisotopic (exact) mass is 567 g/mol. The molecule has 0 aliphatic rings. The molecule has 4 aromatic carbocycles. The molecule has 0 aromatic heterocycles. The first kappa shape index (κ1) is 29.1. The predicted octanol–water partition coefficient (Wildman–Crippen LogP) is 7.05. The first-order valence-corrected chi connectivity index (χ1v) is 14.5. The molecule has 6 nitrogen and oxygen atoms in total. The molecule has 0 heterocycles. The van der Waals surface area contributed by atoms with Crippen LogP contribution in [0.3, 0.4) is 0 Å². The van der Waals surface area contributed by atoms with E-state index in [1.54, 1.807) is 12.1 Å². The van der Waals surface area contributed by atoms with Gasteiger partial charge in [-0.2, -0.15) is 0 Å². The number of hydrogen-bond acceptors (Lipinski definition) is 4. The fraction of sp³-hybridized carbons (Fsp3) is 0.278. The van der Waals surface area contributed by atoms with Gasteiger partial charge in [-0.15, -0.1) is 0 Å². The zero-order valence-electron chi connectivity index (χ0n) is 24.9. The number of para-hydroxylation sites is 1. The number of hydrogen-bond donors (Lipinski definition) is 2. The van der Waals surface area contributed by atoms with Crippen LogP contribution < -0.4 is 4.74 Å². The number of nitrogens with zero attached hydrogens (tertiary/aromatic N) is 1. The summed E-state index contributed by atoms with van der Waals surface area (Å²) in [5.74, 6) is -1.08. The summed E-state index contributed by atoms with van der Waals surface area (Å²) in [6, 6.07) is 31.9. The number of ether oxygens (including phenoxy) is 1. The molecule has 2 N–H and O–H groups in total. The lowest BCUT2D eigenvalue weighted by molar-refractivity contribution is -0.137. The Hall–Kier alpha value is -4.42. The van der Waals surface area contributed by atoms with E-state index in [1.165, 1.54) is 17.2 Å². The Morgan fingerprint density at radius 3 is 2.07 bits per heavy atom. The predicted molar refractivity (Wildman–Crippen MR) is 165 cm³/mol. The molecule has 0 aliphatic carbocycles. The van der Waals surface area contributed by atoms with Gasteiger partial charge >= 0.3 is 11.9 Å². The quantitative estimate of drug-likeness (QED) is 0.133. The Bertz CT molecular complexity index is 1470. The first-order chi connectivity index (χ1) is 20.9. The minimum Gasteiger partial charge on any atom is -0.489 e. The average molecular weight is 568 g/mol. The molecule has 0 saturated carbocycles. The number of aryl methyl sites for hydroxylation is 2. The van der Waals surface area contributed by atoms with Crippen molar-refractivity contribution in [1.82, 2.24) is 4.90 Å². The van der Waals surface area contributed by atoms with E-state index in [0.717, 1.165) is 48.1 Å². The zero-order chi connectivity index (χ0) is 30.4. The highest BCUT2D eigenvalue weighted by Gasteiger charge is 2.11. The third kappa shape index (κ3) is 10.2. The lowest BCUT2D eigenvalue weighted by Gasteiger charge is -2.23. The van der Waals surface area contributed by atoms with Gasteiger partial charge in [-0.1, -0.05) is 84.9 Å². The van der Waals surface area contributed by atoms with E-state index in [1.807, 2.05) is 24.3 Å². The molecule has 42 heavy (non-hydrogen) atoms. The van der Waals surface area contributed by atoms with Crippen molar-refractivity contribution in [2.24, 2.45) is 0 Å². The smallest absolute Gasteiger partial charge is 0.335 e. The average Bonchev–Trinajstić information content (AvgIpc) is 3.01. The van der Waals surface area contributed by atoms with Crippen molar-refractivity contribution < 1.29 is 25.9 Å². The standard InChI is InChI=1S/C36H39NO5/c38-35(39)12-6-7-24-37(26-30-19-21-33(22-20-30)36(40)41)25-23-32-10-4-5-11-34(32)42-27-31-17-15-29(16-18-31)14-13-28-8-2-1-3-9-28/h1-5,8-11,15-22H,6-7,12-14,23-27H2,(H,38,39)(H,40,41)/i21T. The number of carboxylic acids is 2. The molecule has 4 aromatic rings. The second-order valence-corrected chi connectivity index (χ2v) is 10.5. The lowest BCUT2D eigenvalue weighted by Crippen LogP contribution is -2.27. The largest absolute Gasteiger partial charge is 0.489 e. The van der Waals surface area contributed by atoms with Crippen LogP contribution in [0.1, 0.15) is 58.8 Å². The van der Waals surface area contributed by atoms with Crippen LogP contribution in [0.4, 0.5) is 0 Å². The zero-order valence-corrected chi connectivity index (χ0v) is 23.9. The van der Waals surface area contributed by atoms with Crippen molar-refractivity contribution in [3.8, 4) is 5.75 Å². The second-order valence-electron chi connectivity index (χ2n) is 10.5.